The lowest BCUT2D eigenvalue weighted by atomic mass is 9.99. The molecule has 1 rings (SSSR count). The van der Waals surface area contributed by atoms with Crippen LogP contribution in [0, 0.1) is 11.8 Å². The van der Waals surface area contributed by atoms with Gasteiger partial charge in [-0.15, -0.1) is 0 Å². The van der Waals surface area contributed by atoms with E-state index in [-0.39, 0.29) is 95.3 Å². The molecule has 0 spiro atoms. The minimum Gasteiger partial charge on any atom is -0.391 e. The maximum Gasteiger partial charge on any atom is 0.245 e. The van der Waals surface area contributed by atoms with E-state index in [1.807, 2.05) is 0 Å². The summed E-state index contributed by atoms with van der Waals surface area (Å²) in [6, 6.07) is -14.4. The van der Waals surface area contributed by atoms with Crippen LogP contribution in [-0.4, -0.2) is 206 Å². The molecule has 21 N–H and O–H groups in total. The van der Waals surface area contributed by atoms with Crippen molar-refractivity contribution in [3.63, 3.8) is 0 Å². The van der Waals surface area contributed by atoms with Crippen LogP contribution in [0.5, 0.6) is 0 Å². The molecule has 83 heavy (non-hydrogen) atoms. The molecule has 12 atom stereocenters. The van der Waals surface area contributed by atoms with Gasteiger partial charge >= 0.3 is 0 Å². The lowest BCUT2D eigenvalue weighted by molar-refractivity contribution is -0.137. The zero-order valence-electron chi connectivity index (χ0n) is 50.4. The predicted octanol–water partition coefficient (Wildman–Crippen LogP) is -5.08. The van der Waals surface area contributed by atoms with Crippen LogP contribution >= 0.6 is 0 Å². The summed E-state index contributed by atoms with van der Waals surface area (Å²) in [4.78, 5) is 155. The third kappa shape index (κ3) is 28.8. The van der Waals surface area contributed by atoms with E-state index in [2.05, 4.69) is 65.4 Å². The van der Waals surface area contributed by atoms with E-state index in [4.69, 9.17) is 22.9 Å². The van der Waals surface area contributed by atoms with Crippen molar-refractivity contribution in [1.82, 2.24) is 63.4 Å². The van der Waals surface area contributed by atoms with E-state index in [0.29, 0.717) is 13.0 Å². The number of nitrogens with two attached hydrogens (primary N) is 4. The largest absolute Gasteiger partial charge is 0.391 e. The number of nitrogens with one attached hydrogen (secondary N) is 11. The first-order valence-electron chi connectivity index (χ1n) is 29.3. The zero-order chi connectivity index (χ0) is 62.9. The molecule has 29 nitrogen and oxygen atoms in total. The fourth-order valence-corrected chi connectivity index (χ4v) is 8.89. The molecule has 0 aliphatic carbocycles. The van der Waals surface area contributed by atoms with Crippen molar-refractivity contribution in [2.24, 2.45) is 34.8 Å². The standard InChI is InChI=1S/C54H102N16O13/c1-10-11-12-13-14-15-42(73)60-39(21-27-70(8)9)50(79)69-44(33(7)72)54(83)65-36(18-24-57)46(75)64-38-20-26-59-53(82)43(32(6)71)68-49(78)37(19-25-58)62-45(74)34(16-22-55)63-51(80)40(28-30(2)3)67-52(81)41(29-31(4)5)66-47(76)35(17-23-56)61-48(38)77/h30-41,43-44,71-72H,10-29,55-58H2,1-9H3,(H,59,82)(H,60,73)(H,61,77)(H,62,74)(H,63,80)(H,64,75)(H,65,83)(H,66,76)(H,67,81)(H,68,78)(H,69,79)/t32-,33-,34+,35+,36+,37+,38+,39+,40+,41-,43+,44+/m1/s1. The summed E-state index contributed by atoms with van der Waals surface area (Å²) >= 11 is 0. The van der Waals surface area contributed by atoms with Crippen LogP contribution in [0.4, 0.5) is 0 Å². The van der Waals surface area contributed by atoms with Crippen molar-refractivity contribution >= 4 is 65.0 Å². The van der Waals surface area contributed by atoms with Gasteiger partial charge in [-0.3, -0.25) is 52.7 Å². The Morgan fingerprint density at radius 3 is 1.46 bits per heavy atom. The molecule has 1 aliphatic rings. The summed E-state index contributed by atoms with van der Waals surface area (Å²) in [5.41, 5.74) is 23.5. The normalized spacial score (nSPS) is 23.0. The second-order valence-corrected chi connectivity index (χ2v) is 22.4. The maximum atomic E-state index is 14.5. The molecule has 476 valence electrons. The number of nitrogens with zero attached hydrogens (tertiary/aromatic N) is 1. The lowest BCUT2D eigenvalue weighted by Crippen LogP contribution is -2.62. The van der Waals surface area contributed by atoms with Crippen LogP contribution in [-0.2, 0) is 52.7 Å². The minimum absolute atomic E-state index is 0.0478. The van der Waals surface area contributed by atoms with Crippen LogP contribution in [0.2, 0.25) is 0 Å². The number of carbonyl (C=O) groups excluding carboxylic acids is 11. The van der Waals surface area contributed by atoms with Crippen LogP contribution in [0.1, 0.15) is 138 Å². The van der Waals surface area contributed by atoms with Gasteiger partial charge in [0.15, 0.2) is 0 Å². The maximum absolute atomic E-state index is 14.5. The number of aliphatic hydroxyl groups excluding tert-OH is 2. The highest BCUT2D eigenvalue weighted by Crippen LogP contribution is 2.13. The first-order chi connectivity index (χ1) is 39.1. The fourth-order valence-electron chi connectivity index (χ4n) is 8.89. The number of hydrogen-bond donors (Lipinski definition) is 17. The van der Waals surface area contributed by atoms with Crippen LogP contribution in [0.3, 0.4) is 0 Å². The van der Waals surface area contributed by atoms with E-state index in [1.54, 1.807) is 46.7 Å². The van der Waals surface area contributed by atoms with Crippen molar-refractivity contribution in [1.29, 1.82) is 0 Å². The fraction of sp³-hybridized carbons (Fsp3) is 0.796. The zero-order valence-corrected chi connectivity index (χ0v) is 50.4. The topological polar surface area (TPSA) is 468 Å². The third-order valence-corrected chi connectivity index (χ3v) is 13.5. The monoisotopic (exact) mass is 1180 g/mol. The van der Waals surface area contributed by atoms with Gasteiger partial charge in [0, 0.05) is 13.0 Å². The summed E-state index contributed by atoms with van der Waals surface area (Å²) in [7, 11) is 3.55. The number of amides is 11. The van der Waals surface area contributed by atoms with Gasteiger partial charge in [0.25, 0.3) is 0 Å². The Morgan fingerprint density at radius 2 is 1.01 bits per heavy atom. The summed E-state index contributed by atoms with van der Waals surface area (Å²) in [5.74, 6) is -9.80. The molecule has 11 amide bonds. The molecule has 1 aliphatic heterocycles. The second-order valence-electron chi connectivity index (χ2n) is 22.4. The Hall–Kier alpha value is -6.11. The van der Waals surface area contributed by atoms with Crippen molar-refractivity contribution in [2.45, 2.75) is 211 Å². The van der Waals surface area contributed by atoms with E-state index in [0.717, 1.165) is 25.7 Å². The van der Waals surface area contributed by atoms with Crippen molar-refractivity contribution < 1.29 is 63.0 Å². The van der Waals surface area contributed by atoms with Gasteiger partial charge in [-0.05, 0) is 130 Å². The second kappa shape index (κ2) is 40.2. The molecule has 0 saturated carbocycles. The molecule has 29 heteroatoms. The van der Waals surface area contributed by atoms with E-state index in [1.165, 1.54) is 13.8 Å². The van der Waals surface area contributed by atoms with Crippen molar-refractivity contribution in [3.8, 4) is 0 Å². The van der Waals surface area contributed by atoms with Gasteiger partial charge in [-0.2, -0.15) is 0 Å². The summed E-state index contributed by atoms with van der Waals surface area (Å²) in [5, 5.41) is 49.9. The average Bonchev–Trinajstić information content (AvgIpc) is 3.44. The van der Waals surface area contributed by atoms with Gasteiger partial charge in [-0.1, -0.05) is 60.3 Å². The molecule has 0 unspecified atom stereocenters. The SMILES string of the molecule is CCCCCCCC(=O)N[C@@H](CCN(C)C)C(=O)N[C@H](C(=O)N[C@@H](CCN)C(=O)N[C@H]1CCNC(=O)[C@H]([C@@H](C)O)NC(=O)[C@H](CCN)NC(=O)[C@H](CCN)NC(=O)[C@H](CC(C)C)NC(=O)[C@@H](CC(C)C)NC(=O)[C@H](CCN)NC1=O)[C@@H](C)O. The van der Waals surface area contributed by atoms with Gasteiger partial charge < -0.3 is 96.5 Å². The van der Waals surface area contributed by atoms with E-state index in [9.17, 15) is 63.0 Å². The lowest BCUT2D eigenvalue weighted by Gasteiger charge is -2.29. The summed E-state index contributed by atoms with van der Waals surface area (Å²) in [6.45, 7) is 11.0. The Bertz CT molecular complexity index is 2080. The molecule has 1 saturated heterocycles. The average molecular weight is 1180 g/mol. The number of unbranched alkanes of at least 4 members (excludes halogenated alkanes) is 4. The quantitative estimate of drug-likeness (QED) is 0.0299. The molecule has 0 aromatic carbocycles. The van der Waals surface area contributed by atoms with Gasteiger partial charge in [0.1, 0.15) is 60.4 Å². The Kier molecular flexibility index (Phi) is 36.3. The van der Waals surface area contributed by atoms with Crippen molar-refractivity contribution in [3.05, 3.63) is 0 Å². The molecule has 0 aromatic heterocycles. The molecular formula is C54H102N16O13. The third-order valence-electron chi connectivity index (χ3n) is 13.5. The van der Waals surface area contributed by atoms with Crippen LogP contribution < -0.4 is 81.4 Å². The molecule has 0 aromatic rings. The Labute approximate surface area is 489 Å². The number of rotatable bonds is 30. The number of hydrogen-bond acceptors (Lipinski definition) is 18. The molecule has 1 heterocycles. The number of aliphatic hydroxyl groups is 2. The minimum atomic E-state index is -1.68. The predicted molar refractivity (Wildman–Crippen MR) is 310 cm³/mol. The molecule has 1 fully saturated rings. The first kappa shape index (κ1) is 74.9. The van der Waals surface area contributed by atoms with E-state index < -0.39 is 145 Å². The Balaban J connectivity index is 3.85. The Morgan fingerprint density at radius 1 is 0.554 bits per heavy atom. The molecular weight excluding hydrogens is 1080 g/mol. The summed E-state index contributed by atoms with van der Waals surface area (Å²) < 4.78 is 0. The van der Waals surface area contributed by atoms with Crippen LogP contribution in [0.15, 0.2) is 0 Å². The van der Waals surface area contributed by atoms with Gasteiger partial charge in [0.2, 0.25) is 65.0 Å². The van der Waals surface area contributed by atoms with E-state index >= 15 is 0 Å². The van der Waals surface area contributed by atoms with Crippen LogP contribution in [0.25, 0.3) is 0 Å². The first-order valence-corrected chi connectivity index (χ1v) is 29.3. The molecule has 0 radical (unpaired) electrons. The summed E-state index contributed by atoms with van der Waals surface area (Å²) in [6.07, 6.45) is 0.618. The molecule has 0 bridgehead atoms. The highest BCUT2D eigenvalue weighted by Gasteiger charge is 2.37. The van der Waals surface area contributed by atoms with Gasteiger partial charge in [0.05, 0.1) is 12.2 Å². The van der Waals surface area contributed by atoms with Crippen molar-refractivity contribution in [2.75, 3.05) is 53.4 Å². The number of carbonyl (C=O) groups is 11. The van der Waals surface area contributed by atoms with Gasteiger partial charge in [-0.25, -0.2) is 0 Å². The highest BCUT2D eigenvalue weighted by atomic mass is 16.3. The smallest absolute Gasteiger partial charge is 0.245 e. The highest BCUT2D eigenvalue weighted by molar-refractivity contribution is 5.99.